The Bertz CT molecular complexity index is 616. The van der Waals surface area contributed by atoms with Crippen molar-refractivity contribution in [2.24, 2.45) is 0 Å². The Labute approximate surface area is 143 Å². The third-order valence-electron chi connectivity index (χ3n) is 3.61. The van der Waals surface area contributed by atoms with Gasteiger partial charge in [-0.3, -0.25) is 0 Å². The maximum atomic E-state index is 12.6. The summed E-state index contributed by atoms with van der Waals surface area (Å²) < 4.78 is 39.1. The molecule has 0 unspecified atom stereocenters. The number of para-hydroxylation sites is 1. The summed E-state index contributed by atoms with van der Waals surface area (Å²) in [7, 11) is -1.97. The Morgan fingerprint density at radius 3 is 2.52 bits per heavy atom. The summed E-state index contributed by atoms with van der Waals surface area (Å²) >= 11 is 6.00. The number of halogens is 1. The third-order valence-corrected chi connectivity index (χ3v) is 5.84. The van der Waals surface area contributed by atoms with Crippen LogP contribution in [0, 0.1) is 0 Å². The molecule has 1 aromatic carbocycles. The lowest BCUT2D eigenvalue weighted by molar-refractivity contribution is -0.0453. The van der Waals surface area contributed by atoms with Gasteiger partial charge in [0, 0.05) is 26.7 Å². The minimum Gasteiger partial charge on any atom is -0.491 e. The Kier molecular flexibility index (Phi) is 6.27. The highest BCUT2D eigenvalue weighted by atomic mass is 35.5. The Balaban J connectivity index is 1.91. The lowest BCUT2D eigenvalue weighted by Crippen LogP contribution is -2.52. The molecule has 0 aromatic heterocycles. The second-order valence-electron chi connectivity index (χ2n) is 5.68. The van der Waals surface area contributed by atoms with E-state index in [1.807, 2.05) is 26.0 Å². The van der Waals surface area contributed by atoms with Crippen molar-refractivity contribution in [3.05, 3.63) is 29.3 Å². The summed E-state index contributed by atoms with van der Waals surface area (Å²) in [5.74, 6) is 0.550. The number of rotatable bonds is 6. The summed E-state index contributed by atoms with van der Waals surface area (Å²) in [6.45, 7) is 4.95. The summed E-state index contributed by atoms with van der Waals surface area (Å²) in [6.07, 6.45) is -0.220. The molecule has 1 saturated heterocycles. The zero-order valence-electron chi connectivity index (χ0n) is 13.6. The zero-order valence-corrected chi connectivity index (χ0v) is 15.2. The van der Waals surface area contributed by atoms with Gasteiger partial charge in [-0.2, -0.15) is 17.0 Å². The fourth-order valence-electron chi connectivity index (χ4n) is 2.48. The van der Waals surface area contributed by atoms with E-state index in [1.165, 1.54) is 8.61 Å². The van der Waals surface area contributed by atoms with Gasteiger partial charge < -0.3 is 9.47 Å². The van der Waals surface area contributed by atoms with Crippen molar-refractivity contribution in [3.8, 4) is 5.75 Å². The van der Waals surface area contributed by atoms with Crippen LogP contribution < -0.4 is 4.74 Å². The summed E-state index contributed by atoms with van der Waals surface area (Å²) in [5.41, 5.74) is 0. The van der Waals surface area contributed by atoms with Crippen LogP contribution in [-0.2, 0) is 14.9 Å². The molecule has 130 valence electrons. The second-order valence-corrected chi connectivity index (χ2v) is 8.13. The van der Waals surface area contributed by atoms with Gasteiger partial charge in [0.25, 0.3) is 10.2 Å². The second kappa shape index (κ2) is 7.81. The number of likely N-dealkylation sites (N-methyl/N-ethyl adjacent to an activating group) is 1. The van der Waals surface area contributed by atoms with Crippen molar-refractivity contribution in [2.45, 2.75) is 26.1 Å². The van der Waals surface area contributed by atoms with Gasteiger partial charge in [0.05, 0.1) is 17.2 Å². The van der Waals surface area contributed by atoms with E-state index in [1.54, 1.807) is 19.2 Å². The molecule has 1 heterocycles. The van der Waals surface area contributed by atoms with E-state index < -0.39 is 10.2 Å². The van der Waals surface area contributed by atoms with Gasteiger partial charge in [0.15, 0.2) is 0 Å². The van der Waals surface area contributed by atoms with Crippen LogP contribution in [0.15, 0.2) is 24.3 Å². The van der Waals surface area contributed by atoms with E-state index in [2.05, 4.69) is 0 Å². The topological polar surface area (TPSA) is 59.1 Å². The molecule has 0 saturated carbocycles. The molecule has 1 fully saturated rings. The summed E-state index contributed by atoms with van der Waals surface area (Å²) in [5, 5.41) is 0.508. The molecule has 23 heavy (non-hydrogen) atoms. The van der Waals surface area contributed by atoms with Crippen molar-refractivity contribution in [3.63, 3.8) is 0 Å². The van der Waals surface area contributed by atoms with E-state index in [0.29, 0.717) is 23.9 Å². The molecule has 8 heteroatoms. The number of hydrogen-bond donors (Lipinski definition) is 0. The number of ether oxygens (including phenoxy) is 2. The molecule has 1 aliphatic heterocycles. The number of nitrogens with zero attached hydrogens (tertiary/aromatic N) is 2. The number of hydrogen-bond acceptors (Lipinski definition) is 4. The van der Waals surface area contributed by atoms with Crippen LogP contribution in [-0.4, -0.2) is 62.5 Å². The molecule has 0 N–H and O–H groups in total. The van der Waals surface area contributed by atoms with E-state index in [4.69, 9.17) is 21.1 Å². The van der Waals surface area contributed by atoms with E-state index in [9.17, 15) is 8.42 Å². The largest absolute Gasteiger partial charge is 0.491 e. The highest BCUT2D eigenvalue weighted by Crippen LogP contribution is 2.23. The minimum atomic E-state index is -3.52. The monoisotopic (exact) mass is 362 g/mol. The van der Waals surface area contributed by atoms with Crippen LogP contribution >= 0.6 is 11.6 Å². The molecular formula is C15H23ClN2O4S. The van der Waals surface area contributed by atoms with Crippen LogP contribution in [0.25, 0.3) is 0 Å². The molecule has 0 radical (unpaired) electrons. The first kappa shape index (κ1) is 18.5. The average Bonchev–Trinajstić information content (AvgIpc) is 2.48. The van der Waals surface area contributed by atoms with Gasteiger partial charge in [-0.15, -0.1) is 0 Å². The van der Waals surface area contributed by atoms with Gasteiger partial charge in [-0.1, -0.05) is 23.7 Å². The van der Waals surface area contributed by atoms with Crippen molar-refractivity contribution in [2.75, 3.05) is 33.3 Å². The summed E-state index contributed by atoms with van der Waals surface area (Å²) in [4.78, 5) is 0. The van der Waals surface area contributed by atoms with Crippen molar-refractivity contribution >= 4 is 21.8 Å². The molecule has 1 aromatic rings. The van der Waals surface area contributed by atoms with E-state index in [0.717, 1.165) is 0 Å². The SMILES string of the molecule is C[C@@H]1CN(S(=O)(=O)N(C)CCOc2ccccc2Cl)C[C@@H](C)O1. The van der Waals surface area contributed by atoms with Crippen LogP contribution in [0.1, 0.15) is 13.8 Å². The maximum Gasteiger partial charge on any atom is 0.282 e. The molecule has 0 amide bonds. The number of benzene rings is 1. The van der Waals surface area contributed by atoms with Crippen LogP contribution in [0.3, 0.4) is 0 Å². The molecule has 0 aliphatic carbocycles. The first-order chi connectivity index (χ1) is 10.8. The van der Waals surface area contributed by atoms with E-state index in [-0.39, 0.29) is 25.4 Å². The smallest absolute Gasteiger partial charge is 0.282 e. The Morgan fingerprint density at radius 1 is 1.30 bits per heavy atom. The molecule has 0 spiro atoms. The van der Waals surface area contributed by atoms with E-state index >= 15 is 0 Å². The molecule has 1 aliphatic rings. The highest BCUT2D eigenvalue weighted by molar-refractivity contribution is 7.86. The fourth-order valence-corrected chi connectivity index (χ4v) is 4.16. The van der Waals surface area contributed by atoms with Crippen molar-refractivity contribution in [1.82, 2.24) is 8.61 Å². The Hall–Kier alpha value is -0.860. The lowest BCUT2D eigenvalue weighted by atomic mass is 10.3. The molecular weight excluding hydrogens is 340 g/mol. The Morgan fingerprint density at radius 2 is 1.91 bits per heavy atom. The standard InChI is InChI=1S/C15H23ClN2O4S/c1-12-10-18(11-13(2)22-12)23(19,20)17(3)8-9-21-15-7-5-4-6-14(15)16/h4-7,12-13H,8-11H2,1-3H3/t12-,13-/m1/s1. The summed E-state index contributed by atoms with van der Waals surface area (Å²) in [6, 6.07) is 7.11. The predicted octanol–water partition coefficient (Wildman–Crippen LogP) is 2.00. The predicted molar refractivity (Wildman–Crippen MR) is 90.1 cm³/mol. The average molecular weight is 363 g/mol. The number of morpholine rings is 1. The minimum absolute atomic E-state index is 0.110. The maximum absolute atomic E-state index is 12.6. The van der Waals surface area contributed by atoms with Gasteiger partial charge in [-0.05, 0) is 26.0 Å². The van der Waals surface area contributed by atoms with Crippen LogP contribution in [0.5, 0.6) is 5.75 Å². The lowest BCUT2D eigenvalue weighted by Gasteiger charge is -2.36. The molecule has 2 rings (SSSR count). The molecule has 0 bridgehead atoms. The zero-order chi connectivity index (χ0) is 17.0. The van der Waals surface area contributed by atoms with Gasteiger partial charge in [0.1, 0.15) is 12.4 Å². The van der Waals surface area contributed by atoms with Crippen LogP contribution in [0.4, 0.5) is 0 Å². The first-order valence-corrected chi connectivity index (χ1v) is 9.32. The third kappa shape index (κ3) is 4.81. The van der Waals surface area contributed by atoms with Crippen LogP contribution in [0.2, 0.25) is 5.02 Å². The highest BCUT2D eigenvalue weighted by Gasteiger charge is 2.33. The molecule has 2 atom stereocenters. The van der Waals surface area contributed by atoms with Crippen molar-refractivity contribution in [1.29, 1.82) is 0 Å². The molecule has 6 nitrogen and oxygen atoms in total. The first-order valence-electron chi connectivity index (χ1n) is 7.55. The fraction of sp³-hybridized carbons (Fsp3) is 0.600. The normalized spacial score (nSPS) is 23.2. The van der Waals surface area contributed by atoms with Gasteiger partial charge in [0.2, 0.25) is 0 Å². The van der Waals surface area contributed by atoms with Gasteiger partial charge in [-0.25, -0.2) is 0 Å². The quantitative estimate of drug-likeness (QED) is 0.776. The van der Waals surface area contributed by atoms with Gasteiger partial charge >= 0.3 is 0 Å². The van der Waals surface area contributed by atoms with Crippen molar-refractivity contribution < 1.29 is 17.9 Å².